The van der Waals surface area contributed by atoms with Crippen LogP contribution in [0, 0.1) is 0 Å². The molecule has 0 fully saturated rings. The van der Waals surface area contributed by atoms with Gasteiger partial charge in [-0.15, -0.1) is 0 Å². The molecule has 0 radical (unpaired) electrons. The Morgan fingerprint density at radius 2 is 1.66 bits per heavy atom. The van der Waals surface area contributed by atoms with E-state index in [1.165, 1.54) is 5.56 Å². The Hall–Kier alpha value is -3.33. The maximum absolute atomic E-state index is 12.2. The van der Waals surface area contributed by atoms with Crippen molar-refractivity contribution in [1.82, 2.24) is 20.4 Å². The Bertz CT molecular complexity index is 986. The standard InChI is InChI=1S/C23H26F3N5O/c1-27-22(28-13-18-7-9-19(10-8-18)16-32-17-23(24,25)26)29-14-20-5-2-3-6-21(20)15-31-12-4-11-30-31/h2-12H,13-17H2,1H3,(H2,27,28,29). The number of benzene rings is 2. The molecule has 0 aliphatic carbocycles. The fourth-order valence-corrected chi connectivity index (χ4v) is 3.08. The van der Waals surface area contributed by atoms with Crippen LogP contribution >= 0.6 is 0 Å². The van der Waals surface area contributed by atoms with E-state index in [-0.39, 0.29) is 6.61 Å². The predicted molar refractivity (Wildman–Crippen MR) is 117 cm³/mol. The molecule has 2 aromatic carbocycles. The van der Waals surface area contributed by atoms with Crippen molar-refractivity contribution in [2.24, 2.45) is 4.99 Å². The zero-order valence-corrected chi connectivity index (χ0v) is 17.8. The molecule has 0 saturated heterocycles. The summed E-state index contributed by atoms with van der Waals surface area (Å²) in [5.74, 6) is 0.650. The minimum absolute atomic E-state index is 0.0750. The zero-order valence-electron chi connectivity index (χ0n) is 17.8. The van der Waals surface area contributed by atoms with E-state index in [1.54, 1.807) is 25.4 Å². The van der Waals surface area contributed by atoms with Crippen molar-refractivity contribution < 1.29 is 17.9 Å². The summed E-state index contributed by atoms with van der Waals surface area (Å²) >= 11 is 0. The van der Waals surface area contributed by atoms with Gasteiger partial charge in [0.05, 0.1) is 13.2 Å². The first kappa shape index (κ1) is 23.3. The van der Waals surface area contributed by atoms with E-state index in [9.17, 15) is 13.2 Å². The largest absolute Gasteiger partial charge is 0.411 e. The molecule has 9 heteroatoms. The van der Waals surface area contributed by atoms with Crippen molar-refractivity contribution in [2.45, 2.75) is 32.4 Å². The SMILES string of the molecule is CN=C(NCc1ccc(COCC(F)(F)F)cc1)NCc1ccccc1Cn1cccn1. The molecule has 0 aliphatic rings. The molecule has 32 heavy (non-hydrogen) atoms. The van der Waals surface area contributed by atoms with Gasteiger partial charge in [0, 0.05) is 32.5 Å². The summed E-state index contributed by atoms with van der Waals surface area (Å²) in [6.45, 7) is 0.499. The topological polar surface area (TPSA) is 63.5 Å². The van der Waals surface area contributed by atoms with Crippen LogP contribution in [0.5, 0.6) is 0 Å². The average molecular weight is 445 g/mol. The quantitative estimate of drug-likeness (QED) is 0.388. The van der Waals surface area contributed by atoms with Crippen LogP contribution in [-0.2, 0) is 31.0 Å². The van der Waals surface area contributed by atoms with E-state index in [0.29, 0.717) is 31.2 Å². The molecule has 0 saturated carbocycles. The second kappa shape index (κ2) is 11.3. The number of halogens is 3. The minimum atomic E-state index is -4.31. The van der Waals surface area contributed by atoms with Crippen molar-refractivity contribution in [3.63, 3.8) is 0 Å². The van der Waals surface area contributed by atoms with Gasteiger partial charge in [-0.25, -0.2) is 0 Å². The molecule has 170 valence electrons. The summed E-state index contributed by atoms with van der Waals surface area (Å²) < 4.78 is 43.0. The molecule has 1 heterocycles. The van der Waals surface area contributed by atoms with Gasteiger partial charge in [-0.2, -0.15) is 18.3 Å². The highest BCUT2D eigenvalue weighted by Gasteiger charge is 2.27. The molecular formula is C23H26F3N5O. The molecule has 0 spiro atoms. The van der Waals surface area contributed by atoms with E-state index in [2.05, 4.69) is 37.6 Å². The second-order valence-corrected chi connectivity index (χ2v) is 7.18. The van der Waals surface area contributed by atoms with Crippen molar-refractivity contribution in [3.05, 3.63) is 89.2 Å². The summed E-state index contributed by atoms with van der Waals surface area (Å²) in [4.78, 5) is 4.25. The van der Waals surface area contributed by atoms with E-state index >= 15 is 0 Å². The molecule has 3 aromatic rings. The van der Waals surface area contributed by atoms with E-state index in [0.717, 1.165) is 11.1 Å². The lowest BCUT2D eigenvalue weighted by molar-refractivity contribution is -0.176. The lowest BCUT2D eigenvalue weighted by Gasteiger charge is -2.15. The fourth-order valence-electron chi connectivity index (χ4n) is 3.08. The van der Waals surface area contributed by atoms with Crippen LogP contribution in [-0.4, -0.2) is 35.6 Å². The first-order chi connectivity index (χ1) is 15.4. The highest BCUT2D eigenvalue weighted by atomic mass is 19.4. The Morgan fingerprint density at radius 1 is 0.969 bits per heavy atom. The van der Waals surface area contributed by atoms with Gasteiger partial charge in [0.2, 0.25) is 0 Å². The monoisotopic (exact) mass is 445 g/mol. The predicted octanol–water partition coefficient (Wildman–Crippen LogP) is 3.88. The third-order valence-corrected chi connectivity index (χ3v) is 4.70. The van der Waals surface area contributed by atoms with Crippen molar-refractivity contribution in [2.75, 3.05) is 13.7 Å². The Morgan fingerprint density at radius 3 is 2.31 bits per heavy atom. The van der Waals surface area contributed by atoms with Gasteiger partial charge in [0.15, 0.2) is 5.96 Å². The first-order valence-corrected chi connectivity index (χ1v) is 10.1. The maximum atomic E-state index is 12.2. The van der Waals surface area contributed by atoms with Crippen molar-refractivity contribution in [3.8, 4) is 0 Å². The van der Waals surface area contributed by atoms with Gasteiger partial charge in [0.25, 0.3) is 0 Å². The summed E-state index contributed by atoms with van der Waals surface area (Å²) in [7, 11) is 1.70. The van der Waals surface area contributed by atoms with Crippen LogP contribution in [0.4, 0.5) is 13.2 Å². The van der Waals surface area contributed by atoms with Gasteiger partial charge in [0.1, 0.15) is 6.61 Å². The summed E-state index contributed by atoms with van der Waals surface area (Å²) in [6, 6.07) is 17.3. The van der Waals surface area contributed by atoms with Crippen LogP contribution in [0.15, 0.2) is 72.0 Å². The number of hydrogen-bond donors (Lipinski definition) is 2. The van der Waals surface area contributed by atoms with Gasteiger partial charge >= 0.3 is 6.18 Å². The van der Waals surface area contributed by atoms with Gasteiger partial charge in [-0.1, -0.05) is 48.5 Å². The number of aromatic nitrogens is 2. The fraction of sp³-hybridized carbons (Fsp3) is 0.304. The molecular weight excluding hydrogens is 419 g/mol. The molecule has 6 nitrogen and oxygen atoms in total. The molecule has 0 unspecified atom stereocenters. The summed E-state index contributed by atoms with van der Waals surface area (Å²) in [5, 5.41) is 10.8. The average Bonchev–Trinajstić information content (AvgIpc) is 3.28. The number of guanidine groups is 1. The molecule has 0 amide bonds. The van der Waals surface area contributed by atoms with Gasteiger partial charge in [-0.3, -0.25) is 9.67 Å². The number of ether oxygens (including phenoxy) is 1. The van der Waals surface area contributed by atoms with Crippen LogP contribution < -0.4 is 10.6 Å². The zero-order chi connectivity index (χ0) is 22.8. The molecule has 1 aromatic heterocycles. The Labute approximate surface area is 185 Å². The highest BCUT2D eigenvalue weighted by molar-refractivity contribution is 5.79. The number of rotatable bonds is 9. The van der Waals surface area contributed by atoms with Crippen LogP contribution in [0.25, 0.3) is 0 Å². The van der Waals surface area contributed by atoms with Crippen molar-refractivity contribution >= 4 is 5.96 Å². The minimum Gasteiger partial charge on any atom is -0.367 e. The molecule has 0 aliphatic heterocycles. The van der Waals surface area contributed by atoms with E-state index in [1.807, 2.05) is 41.2 Å². The number of hydrogen-bond acceptors (Lipinski definition) is 3. The smallest absolute Gasteiger partial charge is 0.367 e. The third kappa shape index (κ3) is 7.73. The van der Waals surface area contributed by atoms with Crippen molar-refractivity contribution in [1.29, 1.82) is 0 Å². The lowest BCUT2D eigenvalue weighted by atomic mass is 10.1. The van der Waals surface area contributed by atoms with E-state index < -0.39 is 12.8 Å². The molecule has 2 N–H and O–H groups in total. The van der Waals surface area contributed by atoms with Crippen LogP contribution in [0.1, 0.15) is 22.3 Å². The third-order valence-electron chi connectivity index (χ3n) is 4.70. The van der Waals surface area contributed by atoms with Crippen LogP contribution in [0.3, 0.4) is 0 Å². The summed E-state index contributed by atoms with van der Waals surface area (Å²) in [6.07, 6.45) is -0.625. The second-order valence-electron chi connectivity index (χ2n) is 7.18. The normalized spacial score (nSPS) is 12.1. The van der Waals surface area contributed by atoms with Gasteiger partial charge < -0.3 is 15.4 Å². The molecule has 0 bridgehead atoms. The van der Waals surface area contributed by atoms with Gasteiger partial charge in [-0.05, 0) is 28.3 Å². The number of nitrogens with one attached hydrogen (secondary N) is 2. The molecule has 0 atom stereocenters. The highest BCUT2D eigenvalue weighted by Crippen LogP contribution is 2.16. The number of alkyl halides is 3. The molecule has 3 rings (SSSR count). The first-order valence-electron chi connectivity index (χ1n) is 10.1. The van der Waals surface area contributed by atoms with E-state index in [4.69, 9.17) is 0 Å². The maximum Gasteiger partial charge on any atom is 0.411 e. The number of nitrogens with zero attached hydrogens (tertiary/aromatic N) is 3. The lowest BCUT2D eigenvalue weighted by Crippen LogP contribution is -2.36. The Kier molecular flexibility index (Phi) is 8.27. The number of aliphatic imine (C=N–C) groups is 1. The summed E-state index contributed by atoms with van der Waals surface area (Å²) in [5.41, 5.74) is 3.98. The van der Waals surface area contributed by atoms with Crippen LogP contribution in [0.2, 0.25) is 0 Å². The Balaban J connectivity index is 1.47.